The van der Waals surface area contributed by atoms with Crippen molar-refractivity contribution >= 4 is 21.6 Å². The summed E-state index contributed by atoms with van der Waals surface area (Å²) in [6, 6.07) is 9.06. The van der Waals surface area contributed by atoms with Gasteiger partial charge >= 0.3 is 0 Å². The first-order chi connectivity index (χ1) is 6.24. The molecule has 1 saturated carbocycles. The van der Waals surface area contributed by atoms with Gasteiger partial charge < -0.3 is 5.32 Å². The fourth-order valence-electron chi connectivity index (χ4n) is 1.83. The van der Waals surface area contributed by atoms with Crippen LogP contribution in [0.2, 0.25) is 0 Å². The monoisotopic (exact) mass is 239 g/mol. The zero-order chi connectivity index (χ0) is 9.26. The van der Waals surface area contributed by atoms with Gasteiger partial charge in [0.2, 0.25) is 0 Å². The van der Waals surface area contributed by atoms with Crippen LogP contribution in [0.5, 0.6) is 0 Å². The molecule has 0 radical (unpaired) electrons. The van der Waals surface area contributed by atoms with Crippen LogP contribution in [0.3, 0.4) is 0 Å². The van der Waals surface area contributed by atoms with Crippen molar-refractivity contribution in [2.45, 2.75) is 25.8 Å². The predicted molar refractivity (Wildman–Crippen MR) is 60.0 cm³/mol. The van der Waals surface area contributed by atoms with Gasteiger partial charge in [-0.3, -0.25) is 0 Å². The van der Waals surface area contributed by atoms with Crippen LogP contribution in [-0.2, 0) is 0 Å². The van der Waals surface area contributed by atoms with Gasteiger partial charge in [-0.15, -0.1) is 0 Å². The number of nitrogens with one attached hydrogen (secondary N) is 1. The Labute approximate surface area is 87.7 Å². The van der Waals surface area contributed by atoms with Crippen LogP contribution in [0, 0.1) is 5.92 Å². The highest BCUT2D eigenvalue weighted by atomic mass is 79.9. The van der Waals surface area contributed by atoms with E-state index < -0.39 is 0 Å². The molecule has 1 N–H and O–H groups in total. The summed E-state index contributed by atoms with van der Waals surface area (Å²) < 4.78 is 1.14. The molecule has 0 aliphatic heterocycles. The lowest BCUT2D eigenvalue weighted by molar-refractivity contribution is 0.309. The lowest BCUT2D eigenvalue weighted by Gasteiger charge is -2.34. The SMILES string of the molecule is CC1CC(Nc2cccc(Br)c2)C1. The molecular formula is C11H14BrN. The molecule has 0 bridgehead atoms. The smallest absolute Gasteiger partial charge is 0.0353 e. The van der Waals surface area contributed by atoms with Crippen molar-refractivity contribution in [1.82, 2.24) is 0 Å². The second kappa shape index (κ2) is 3.70. The second-order valence-corrected chi connectivity index (χ2v) is 4.84. The maximum atomic E-state index is 3.52. The van der Waals surface area contributed by atoms with Crippen LogP contribution in [0.15, 0.2) is 28.7 Å². The van der Waals surface area contributed by atoms with Crippen LogP contribution >= 0.6 is 15.9 Å². The number of halogens is 1. The number of hydrogen-bond donors (Lipinski definition) is 1. The van der Waals surface area contributed by atoms with Crippen molar-refractivity contribution in [2.75, 3.05) is 5.32 Å². The number of benzene rings is 1. The first-order valence-corrected chi connectivity index (χ1v) is 5.55. The van der Waals surface area contributed by atoms with Gasteiger partial charge in [0, 0.05) is 16.2 Å². The zero-order valence-corrected chi connectivity index (χ0v) is 9.34. The summed E-state index contributed by atoms with van der Waals surface area (Å²) in [5.74, 6) is 0.907. The summed E-state index contributed by atoms with van der Waals surface area (Å²) in [6.45, 7) is 2.30. The number of rotatable bonds is 2. The largest absolute Gasteiger partial charge is 0.382 e. The molecule has 0 heterocycles. The van der Waals surface area contributed by atoms with Gasteiger partial charge in [-0.2, -0.15) is 0 Å². The summed E-state index contributed by atoms with van der Waals surface area (Å²) in [4.78, 5) is 0. The molecule has 1 aliphatic rings. The second-order valence-electron chi connectivity index (χ2n) is 3.93. The molecule has 13 heavy (non-hydrogen) atoms. The lowest BCUT2D eigenvalue weighted by Crippen LogP contribution is -2.33. The van der Waals surface area contributed by atoms with Crippen LogP contribution in [0.25, 0.3) is 0 Å². The molecule has 1 aromatic rings. The zero-order valence-electron chi connectivity index (χ0n) is 7.76. The van der Waals surface area contributed by atoms with Crippen LogP contribution in [-0.4, -0.2) is 6.04 Å². The minimum atomic E-state index is 0.698. The molecule has 0 amide bonds. The Kier molecular flexibility index (Phi) is 2.58. The molecular weight excluding hydrogens is 226 g/mol. The van der Waals surface area contributed by atoms with Gasteiger partial charge in [-0.25, -0.2) is 0 Å². The topological polar surface area (TPSA) is 12.0 Å². The molecule has 2 rings (SSSR count). The first-order valence-electron chi connectivity index (χ1n) is 4.76. The molecule has 0 spiro atoms. The van der Waals surface area contributed by atoms with E-state index in [-0.39, 0.29) is 0 Å². The molecule has 0 unspecified atom stereocenters. The Bertz CT molecular complexity index is 292. The number of hydrogen-bond acceptors (Lipinski definition) is 1. The molecule has 0 aromatic heterocycles. The molecule has 1 fully saturated rings. The van der Waals surface area contributed by atoms with Gasteiger partial charge in [0.15, 0.2) is 0 Å². The average molecular weight is 240 g/mol. The summed E-state index contributed by atoms with van der Waals surface area (Å²) >= 11 is 3.46. The Balaban J connectivity index is 1.94. The molecule has 1 aliphatic carbocycles. The molecule has 1 nitrogen and oxygen atoms in total. The third kappa shape index (κ3) is 2.25. The van der Waals surface area contributed by atoms with E-state index in [0.29, 0.717) is 6.04 Å². The molecule has 0 atom stereocenters. The van der Waals surface area contributed by atoms with E-state index in [4.69, 9.17) is 0 Å². The van der Waals surface area contributed by atoms with Crippen molar-refractivity contribution < 1.29 is 0 Å². The summed E-state index contributed by atoms with van der Waals surface area (Å²) in [5.41, 5.74) is 1.23. The maximum absolute atomic E-state index is 3.52. The Morgan fingerprint density at radius 2 is 2.15 bits per heavy atom. The van der Waals surface area contributed by atoms with E-state index in [2.05, 4.69) is 52.4 Å². The molecule has 1 aromatic carbocycles. The van der Waals surface area contributed by atoms with Gasteiger partial charge in [-0.05, 0) is 37.0 Å². The Hall–Kier alpha value is -0.500. The van der Waals surface area contributed by atoms with Crippen LogP contribution in [0.4, 0.5) is 5.69 Å². The summed E-state index contributed by atoms with van der Waals surface area (Å²) in [5, 5.41) is 3.52. The molecule has 2 heteroatoms. The fraction of sp³-hybridized carbons (Fsp3) is 0.455. The van der Waals surface area contributed by atoms with Gasteiger partial charge in [-0.1, -0.05) is 28.9 Å². The van der Waals surface area contributed by atoms with Crippen molar-refractivity contribution in [1.29, 1.82) is 0 Å². The molecule has 70 valence electrons. The van der Waals surface area contributed by atoms with E-state index in [1.54, 1.807) is 0 Å². The quantitative estimate of drug-likeness (QED) is 0.831. The third-order valence-electron chi connectivity index (χ3n) is 2.57. The summed E-state index contributed by atoms with van der Waals surface area (Å²) in [6.07, 6.45) is 2.62. The average Bonchev–Trinajstić information content (AvgIpc) is 2.01. The maximum Gasteiger partial charge on any atom is 0.0353 e. The molecule has 0 saturated heterocycles. The normalized spacial score (nSPS) is 26.6. The first kappa shape index (κ1) is 9.07. The highest BCUT2D eigenvalue weighted by Crippen LogP contribution is 2.29. The minimum Gasteiger partial charge on any atom is -0.382 e. The van der Waals surface area contributed by atoms with Crippen molar-refractivity contribution in [2.24, 2.45) is 5.92 Å². The van der Waals surface area contributed by atoms with Gasteiger partial charge in [0.25, 0.3) is 0 Å². The van der Waals surface area contributed by atoms with E-state index in [1.165, 1.54) is 18.5 Å². The van der Waals surface area contributed by atoms with E-state index in [1.807, 2.05) is 0 Å². The van der Waals surface area contributed by atoms with Crippen LogP contribution < -0.4 is 5.32 Å². The van der Waals surface area contributed by atoms with Crippen molar-refractivity contribution in [3.63, 3.8) is 0 Å². The van der Waals surface area contributed by atoms with E-state index >= 15 is 0 Å². The lowest BCUT2D eigenvalue weighted by atomic mass is 9.82. The van der Waals surface area contributed by atoms with E-state index in [9.17, 15) is 0 Å². The highest BCUT2D eigenvalue weighted by Gasteiger charge is 2.24. The summed E-state index contributed by atoms with van der Waals surface area (Å²) in [7, 11) is 0. The fourth-order valence-corrected chi connectivity index (χ4v) is 2.23. The van der Waals surface area contributed by atoms with Crippen molar-refractivity contribution in [3.8, 4) is 0 Å². The van der Waals surface area contributed by atoms with E-state index in [0.717, 1.165) is 10.4 Å². The Morgan fingerprint density at radius 1 is 1.38 bits per heavy atom. The minimum absolute atomic E-state index is 0.698. The standard InChI is InChI=1S/C11H14BrN/c1-8-5-11(6-8)13-10-4-2-3-9(12)7-10/h2-4,7-8,11,13H,5-6H2,1H3. The van der Waals surface area contributed by atoms with Gasteiger partial charge in [0.1, 0.15) is 0 Å². The van der Waals surface area contributed by atoms with Gasteiger partial charge in [0.05, 0.1) is 0 Å². The third-order valence-corrected chi connectivity index (χ3v) is 3.06. The van der Waals surface area contributed by atoms with Crippen molar-refractivity contribution in [3.05, 3.63) is 28.7 Å². The Morgan fingerprint density at radius 3 is 2.77 bits per heavy atom. The van der Waals surface area contributed by atoms with Crippen LogP contribution in [0.1, 0.15) is 19.8 Å². The highest BCUT2D eigenvalue weighted by molar-refractivity contribution is 9.10. The predicted octanol–water partition coefficient (Wildman–Crippen LogP) is 3.66. The number of anilines is 1.